The van der Waals surface area contributed by atoms with Gasteiger partial charge in [0.25, 0.3) is 0 Å². The Balaban J connectivity index is 0.00000242. The van der Waals surface area contributed by atoms with Crippen molar-refractivity contribution in [1.29, 1.82) is 0 Å². The van der Waals surface area contributed by atoms with Crippen LogP contribution in [-0.2, 0) is 4.79 Å². The highest BCUT2D eigenvalue weighted by Gasteiger charge is 2.20. The molecule has 0 spiro atoms. The van der Waals surface area contributed by atoms with E-state index >= 15 is 0 Å². The van der Waals surface area contributed by atoms with Gasteiger partial charge in [0.1, 0.15) is 0 Å². The van der Waals surface area contributed by atoms with Crippen molar-refractivity contribution in [2.24, 2.45) is 0 Å². The Morgan fingerprint density at radius 1 is 1.41 bits per heavy atom. The van der Waals surface area contributed by atoms with Crippen molar-refractivity contribution in [3.8, 4) is 5.75 Å². The van der Waals surface area contributed by atoms with E-state index in [0.717, 1.165) is 25.9 Å². The number of piperidine rings is 1. The van der Waals surface area contributed by atoms with Crippen LogP contribution in [0, 0.1) is 5.82 Å². The molecule has 1 amide bonds. The Morgan fingerprint density at radius 3 is 2.68 bits per heavy atom. The van der Waals surface area contributed by atoms with Crippen LogP contribution in [0.25, 0.3) is 6.08 Å². The van der Waals surface area contributed by atoms with Crippen molar-refractivity contribution < 1.29 is 13.9 Å². The summed E-state index contributed by atoms with van der Waals surface area (Å²) in [5.74, 6) is -0.290. The van der Waals surface area contributed by atoms with Crippen molar-refractivity contribution in [1.82, 2.24) is 10.2 Å². The first-order valence-corrected chi connectivity index (χ1v) is 7.11. The molecular weight excluding hydrogens is 307 g/mol. The highest BCUT2D eigenvalue weighted by molar-refractivity contribution is 5.91. The molecule has 2 rings (SSSR count). The third kappa shape index (κ3) is 4.71. The molecule has 1 aliphatic heterocycles. The first kappa shape index (κ1) is 18.5. The number of hydrogen-bond acceptors (Lipinski definition) is 3. The van der Waals surface area contributed by atoms with Gasteiger partial charge >= 0.3 is 0 Å². The minimum atomic E-state index is -0.432. The number of hydrogen-bond donors (Lipinski definition) is 1. The Morgan fingerprint density at radius 2 is 2.09 bits per heavy atom. The van der Waals surface area contributed by atoms with E-state index in [9.17, 15) is 9.18 Å². The zero-order valence-corrected chi connectivity index (χ0v) is 13.7. The molecule has 6 heteroatoms. The first-order valence-electron chi connectivity index (χ1n) is 7.11. The maximum atomic E-state index is 13.6. The summed E-state index contributed by atoms with van der Waals surface area (Å²) in [5, 5.41) is 3.27. The molecule has 4 nitrogen and oxygen atoms in total. The van der Waals surface area contributed by atoms with Crippen LogP contribution in [-0.4, -0.2) is 44.1 Å². The molecule has 1 saturated heterocycles. The number of carbonyl (C=O) groups excluding carboxylic acids is 1. The Kier molecular flexibility index (Phi) is 7.35. The minimum Gasteiger partial charge on any atom is -0.494 e. The molecule has 1 heterocycles. The quantitative estimate of drug-likeness (QED) is 0.863. The minimum absolute atomic E-state index is 0. The number of methoxy groups -OCH3 is 1. The molecule has 1 aromatic rings. The van der Waals surface area contributed by atoms with Crippen LogP contribution in [0.15, 0.2) is 24.3 Å². The number of rotatable bonds is 4. The van der Waals surface area contributed by atoms with Crippen molar-refractivity contribution in [2.45, 2.75) is 18.9 Å². The smallest absolute Gasteiger partial charge is 0.246 e. The van der Waals surface area contributed by atoms with Crippen LogP contribution in [0.4, 0.5) is 4.39 Å². The molecule has 0 atom stereocenters. The molecule has 1 aliphatic rings. The molecule has 1 aromatic carbocycles. The second-order valence-electron chi connectivity index (χ2n) is 5.16. The van der Waals surface area contributed by atoms with Gasteiger partial charge in [-0.15, -0.1) is 12.4 Å². The number of halogens is 2. The predicted octanol–water partition coefficient (Wildman–Crippen LogP) is 2.48. The topological polar surface area (TPSA) is 41.6 Å². The van der Waals surface area contributed by atoms with E-state index in [4.69, 9.17) is 4.74 Å². The molecule has 1 N–H and O–H groups in total. The number of benzene rings is 1. The van der Waals surface area contributed by atoms with Gasteiger partial charge < -0.3 is 15.0 Å². The number of nitrogens with zero attached hydrogens (tertiary/aromatic N) is 1. The molecule has 0 radical (unpaired) electrons. The van der Waals surface area contributed by atoms with Gasteiger partial charge in [0, 0.05) is 19.2 Å². The third-order valence-corrected chi connectivity index (χ3v) is 3.80. The Labute approximate surface area is 136 Å². The lowest BCUT2D eigenvalue weighted by Gasteiger charge is -2.30. The summed E-state index contributed by atoms with van der Waals surface area (Å²) in [6.07, 6.45) is 5.05. The Hall–Kier alpha value is -1.59. The maximum Gasteiger partial charge on any atom is 0.246 e. The number of likely N-dealkylation sites (N-methyl/N-ethyl adjacent to an activating group) is 1. The zero-order valence-electron chi connectivity index (χ0n) is 12.8. The lowest BCUT2D eigenvalue weighted by molar-refractivity contribution is -0.127. The fraction of sp³-hybridized carbons (Fsp3) is 0.438. The largest absolute Gasteiger partial charge is 0.494 e. The Bertz CT molecular complexity index is 531. The van der Waals surface area contributed by atoms with E-state index < -0.39 is 5.82 Å². The first-order chi connectivity index (χ1) is 10.1. The summed E-state index contributed by atoms with van der Waals surface area (Å²) in [6.45, 7) is 1.88. The molecule has 1 fully saturated rings. The summed E-state index contributed by atoms with van der Waals surface area (Å²) >= 11 is 0. The van der Waals surface area contributed by atoms with Crippen molar-refractivity contribution in [2.75, 3.05) is 27.2 Å². The van der Waals surface area contributed by atoms with Crippen LogP contribution in [0.1, 0.15) is 18.4 Å². The highest BCUT2D eigenvalue weighted by atomic mass is 35.5. The molecule has 0 aliphatic carbocycles. The number of ether oxygens (including phenoxy) is 1. The number of carbonyl (C=O) groups is 1. The fourth-order valence-corrected chi connectivity index (χ4v) is 2.45. The van der Waals surface area contributed by atoms with E-state index in [1.54, 1.807) is 23.1 Å². The van der Waals surface area contributed by atoms with E-state index in [2.05, 4.69) is 5.32 Å². The molecule has 0 saturated carbocycles. The van der Waals surface area contributed by atoms with Gasteiger partial charge in [-0.3, -0.25) is 4.79 Å². The predicted molar refractivity (Wildman–Crippen MR) is 87.9 cm³/mol. The zero-order chi connectivity index (χ0) is 15.2. The summed E-state index contributed by atoms with van der Waals surface area (Å²) in [7, 11) is 3.24. The summed E-state index contributed by atoms with van der Waals surface area (Å²) in [6, 6.07) is 4.90. The summed E-state index contributed by atoms with van der Waals surface area (Å²) in [4.78, 5) is 13.9. The molecular formula is C16H22ClFN2O2. The standard InChI is InChI=1S/C16H21FN2O2.ClH/c1-19(13-7-9-18-10-8-13)16(20)6-4-12-3-5-15(21-2)14(17)11-12;/h3-6,11,13,18H,7-10H2,1-2H3;1H/b6-4+;. The van der Waals surface area contributed by atoms with Gasteiger partial charge in [-0.2, -0.15) is 0 Å². The summed E-state index contributed by atoms with van der Waals surface area (Å²) in [5.41, 5.74) is 0.639. The van der Waals surface area contributed by atoms with Crippen molar-refractivity contribution in [3.05, 3.63) is 35.7 Å². The molecule has 0 aromatic heterocycles. The van der Waals surface area contributed by atoms with Crippen LogP contribution in [0.3, 0.4) is 0 Å². The van der Waals surface area contributed by atoms with Gasteiger partial charge in [-0.05, 0) is 49.7 Å². The normalized spacial score (nSPS) is 15.4. The number of amides is 1. The fourth-order valence-electron chi connectivity index (χ4n) is 2.45. The van der Waals surface area contributed by atoms with Gasteiger partial charge in [-0.25, -0.2) is 4.39 Å². The van der Waals surface area contributed by atoms with E-state index in [1.807, 2.05) is 7.05 Å². The van der Waals surface area contributed by atoms with Crippen LogP contribution < -0.4 is 10.1 Å². The van der Waals surface area contributed by atoms with Gasteiger partial charge in [-0.1, -0.05) is 6.07 Å². The molecule has 0 bridgehead atoms. The molecule has 0 unspecified atom stereocenters. The van der Waals surface area contributed by atoms with Crippen LogP contribution in [0.5, 0.6) is 5.75 Å². The average molecular weight is 329 g/mol. The van der Waals surface area contributed by atoms with Crippen molar-refractivity contribution in [3.63, 3.8) is 0 Å². The summed E-state index contributed by atoms with van der Waals surface area (Å²) < 4.78 is 18.4. The van der Waals surface area contributed by atoms with E-state index in [0.29, 0.717) is 5.56 Å². The second kappa shape index (κ2) is 8.76. The lowest BCUT2D eigenvalue weighted by Crippen LogP contribution is -2.43. The van der Waals surface area contributed by atoms with E-state index in [1.165, 1.54) is 19.3 Å². The average Bonchev–Trinajstić information content (AvgIpc) is 2.52. The van der Waals surface area contributed by atoms with Gasteiger partial charge in [0.2, 0.25) is 5.91 Å². The van der Waals surface area contributed by atoms with Gasteiger partial charge in [0.15, 0.2) is 11.6 Å². The molecule has 22 heavy (non-hydrogen) atoms. The van der Waals surface area contributed by atoms with Crippen molar-refractivity contribution >= 4 is 24.4 Å². The highest BCUT2D eigenvalue weighted by Crippen LogP contribution is 2.18. The van der Waals surface area contributed by atoms with E-state index in [-0.39, 0.29) is 30.1 Å². The van der Waals surface area contributed by atoms with Crippen LogP contribution >= 0.6 is 12.4 Å². The number of nitrogens with one attached hydrogen (secondary N) is 1. The second-order valence-corrected chi connectivity index (χ2v) is 5.16. The maximum absolute atomic E-state index is 13.6. The lowest BCUT2D eigenvalue weighted by atomic mass is 10.1. The van der Waals surface area contributed by atoms with Crippen LogP contribution in [0.2, 0.25) is 0 Å². The monoisotopic (exact) mass is 328 g/mol. The third-order valence-electron chi connectivity index (χ3n) is 3.80. The van der Waals surface area contributed by atoms with Gasteiger partial charge in [0.05, 0.1) is 7.11 Å². The SMILES string of the molecule is COc1ccc(/C=C/C(=O)N(C)C2CCNCC2)cc1F.Cl. The molecule has 122 valence electrons.